The third-order valence-corrected chi connectivity index (χ3v) is 1.45. The smallest absolute Gasteiger partial charge is 0.00956 e. The van der Waals surface area contributed by atoms with Crippen LogP contribution in [0.2, 0.25) is 0 Å². The first kappa shape index (κ1) is 8.58. The Morgan fingerprint density at radius 1 is 1.25 bits per heavy atom. The van der Waals surface area contributed by atoms with E-state index in [-0.39, 0.29) is 0 Å². The Labute approximate surface area is 73.6 Å². The van der Waals surface area contributed by atoms with E-state index in [4.69, 9.17) is 0 Å². The van der Waals surface area contributed by atoms with Gasteiger partial charge in [-0.2, -0.15) is 0 Å². The van der Waals surface area contributed by atoms with Crippen LogP contribution in [0.1, 0.15) is 12.0 Å². The van der Waals surface area contributed by atoms with E-state index >= 15 is 0 Å². The van der Waals surface area contributed by atoms with Gasteiger partial charge in [-0.3, -0.25) is 0 Å². The van der Waals surface area contributed by atoms with Crippen molar-refractivity contribution in [3.05, 3.63) is 60.4 Å². The molecule has 0 nitrogen and oxygen atoms in total. The summed E-state index contributed by atoms with van der Waals surface area (Å²) in [5, 5.41) is 0. The van der Waals surface area contributed by atoms with E-state index in [1.165, 1.54) is 5.56 Å². The van der Waals surface area contributed by atoms with Gasteiger partial charge in [0.25, 0.3) is 0 Å². The summed E-state index contributed by atoms with van der Waals surface area (Å²) in [4.78, 5) is 0. The highest BCUT2D eigenvalue weighted by Crippen LogP contribution is 1.99. The largest absolute Gasteiger partial charge is 0.124 e. The third kappa shape index (κ3) is 3.05. The van der Waals surface area contributed by atoms with Crippen LogP contribution in [-0.4, -0.2) is 0 Å². The molecule has 0 heteroatoms. The molecule has 0 aliphatic carbocycles. The van der Waals surface area contributed by atoms with Crippen molar-refractivity contribution in [3.8, 4) is 0 Å². The van der Waals surface area contributed by atoms with Gasteiger partial charge in [-0.05, 0) is 24.1 Å². The summed E-state index contributed by atoms with van der Waals surface area (Å²) in [6.07, 6.45) is 6.65. The first-order chi connectivity index (χ1) is 5.93. The molecule has 0 radical (unpaired) electrons. The molecule has 0 bridgehead atoms. The molecular weight excluding hydrogens is 144 g/mol. The zero-order valence-corrected chi connectivity index (χ0v) is 7.03. The van der Waals surface area contributed by atoms with Gasteiger partial charge in [0, 0.05) is 0 Å². The van der Waals surface area contributed by atoms with Crippen molar-refractivity contribution in [2.24, 2.45) is 0 Å². The topological polar surface area (TPSA) is 0 Å². The minimum absolute atomic E-state index is 0.878. The van der Waals surface area contributed by atoms with E-state index in [0.29, 0.717) is 0 Å². The van der Waals surface area contributed by atoms with Crippen molar-refractivity contribution in [1.29, 1.82) is 0 Å². The lowest BCUT2D eigenvalue weighted by atomic mass is 10.2. The predicted octanol–water partition coefficient (Wildman–Crippen LogP) is 3.43. The number of rotatable bonds is 3. The number of hydrogen-bond donors (Lipinski definition) is 0. The van der Waals surface area contributed by atoms with Gasteiger partial charge in [-0.1, -0.05) is 36.4 Å². The molecule has 0 heterocycles. The Balaban J connectivity index is 2.63. The maximum atomic E-state index is 3.62. The van der Waals surface area contributed by atoms with E-state index < -0.39 is 0 Å². The average molecular weight is 156 g/mol. The van der Waals surface area contributed by atoms with Crippen LogP contribution in [0.25, 0.3) is 6.08 Å². The number of hydrogen-bond acceptors (Lipinski definition) is 0. The lowest BCUT2D eigenvalue weighted by molar-refractivity contribution is 1.42. The summed E-state index contributed by atoms with van der Waals surface area (Å²) in [5.41, 5.74) is 4.26. The van der Waals surface area contributed by atoms with Gasteiger partial charge >= 0.3 is 0 Å². The quantitative estimate of drug-likeness (QED) is 0.464. The van der Waals surface area contributed by atoms with Gasteiger partial charge < -0.3 is 0 Å². The van der Waals surface area contributed by atoms with Crippen molar-refractivity contribution in [2.45, 2.75) is 6.42 Å². The molecule has 0 spiro atoms. The SMILES string of the molecule is C=CCC=C=Cc1ccccc1. The van der Waals surface area contributed by atoms with Crippen LogP contribution in [0.3, 0.4) is 0 Å². The van der Waals surface area contributed by atoms with E-state index in [2.05, 4.69) is 24.4 Å². The summed E-state index contributed by atoms with van der Waals surface area (Å²) < 4.78 is 0. The first-order valence-electron chi connectivity index (χ1n) is 4.00. The van der Waals surface area contributed by atoms with Crippen molar-refractivity contribution in [3.63, 3.8) is 0 Å². The lowest BCUT2D eigenvalue weighted by Gasteiger charge is -1.86. The molecule has 1 rings (SSSR count). The molecule has 0 aromatic heterocycles. The van der Waals surface area contributed by atoms with Gasteiger partial charge in [0.05, 0.1) is 0 Å². The summed E-state index contributed by atoms with van der Waals surface area (Å²) in [6.45, 7) is 3.62. The molecule has 0 atom stereocenters. The third-order valence-electron chi connectivity index (χ3n) is 1.45. The zero-order valence-electron chi connectivity index (χ0n) is 7.03. The highest BCUT2D eigenvalue weighted by molar-refractivity contribution is 5.47. The maximum Gasteiger partial charge on any atom is -0.00956 e. The second-order valence-electron chi connectivity index (χ2n) is 2.45. The van der Waals surface area contributed by atoms with Crippen LogP contribution in [0.5, 0.6) is 0 Å². The van der Waals surface area contributed by atoms with Gasteiger partial charge in [-0.25, -0.2) is 0 Å². The minimum Gasteiger partial charge on any atom is -0.124 e. The van der Waals surface area contributed by atoms with E-state index in [0.717, 1.165) is 6.42 Å². The molecule has 0 aliphatic heterocycles. The van der Waals surface area contributed by atoms with E-state index in [1.54, 1.807) is 0 Å². The molecule has 0 amide bonds. The molecule has 0 N–H and O–H groups in total. The van der Waals surface area contributed by atoms with Gasteiger partial charge in [0.15, 0.2) is 0 Å². The normalized spacial score (nSPS) is 8.33. The maximum absolute atomic E-state index is 3.62. The predicted molar refractivity (Wildman–Crippen MR) is 53.8 cm³/mol. The van der Waals surface area contributed by atoms with Crippen LogP contribution >= 0.6 is 0 Å². The molecule has 1 aromatic carbocycles. The van der Waals surface area contributed by atoms with Gasteiger partial charge in [-0.15, -0.1) is 12.3 Å². The Hall–Kier alpha value is -1.52. The molecule has 0 unspecified atom stereocenters. The second-order valence-corrected chi connectivity index (χ2v) is 2.45. The Kier molecular flexibility index (Phi) is 3.70. The minimum atomic E-state index is 0.878. The molecule has 12 heavy (non-hydrogen) atoms. The highest BCUT2D eigenvalue weighted by atomic mass is 13.8. The summed E-state index contributed by atoms with van der Waals surface area (Å²) in [5.74, 6) is 0. The Morgan fingerprint density at radius 3 is 2.67 bits per heavy atom. The van der Waals surface area contributed by atoms with Crippen molar-refractivity contribution in [1.82, 2.24) is 0 Å². The molecule has 0 saturated heterocycles. The average Bonchev–Trinajstić information content (AvgIpc) is 2.14. The highest BCUT2D eigenvalue weighted by Gasteiger charge is 1.78. The van der Waals surface area contributed by atoms with Crippen LogP contribution in [-0.2, 0) is 0 Å². The number of benzene rings is 1. The van der Waals surface area contributed by atoms with Crippen LogP contribution in [0.4, 0.5) is 0 Å². The molecular formula is C12H12. The molecule has 1 aromatic rings. The standard InChI is InChI=1S/C12H12/c1-2-3-4-6-9-12-10-7-5-8-11-12/h2,4-5,7-11H,1,3H2. The summed E-state index contributed by atoms with van der Waals surface area (Å²) in [6, 6.07) is 10.1. The summed E-state index contributed by atoms with van der Waals surface area (Å²) in [7, 11) is 0. The zero-order chi connectivity index (χ0) is 8.65. The van der Waals surface area contributed by atoms with Gasteiger partial charge in [0.2, 0.25) is 0 Å². The number of allylic oxidation sites excluding steroid dienone is 2. The van der Waals surface area contributed by atoms with E-state index in [9.17, 15) is 0 Å². The van der Waals surface area contributed by atoms with Crippen molar-refractivity contribution >= 4 is 6.08 Å². The second kappa shape index (κ2) is 5.17. The monoisotopic (exact) mass is 156 g/mol. The molecule has 0 aliphatic rings. The Morgan fingerprint density at radius 2 is 2.00 bits per heavy atom. The molecule has 0 fully saturated rings. The van der Waals surface area contributed by atoms with Crippen LogP contribution < -0.4 is 0 Å². The fraction of sp³-hybridized carbons (Fsp3) is 0.0833. The lowest BCUT2D eigenvalue weighted by Crippen LogP contribution is -1.65. The fourth-order valence-electron chi connectivity index (χ4n) is 0.856. The Bertz CT molecular complexity index is 287. The molecule has 60 valence electrons. The van der Waals surface area contributed by atoms with Crippen molar-refractivity contribution < 1.29 is 0 Å². The fourth-order valence-corrected chi connectivity index (χ4v) is 0.856. The van der Waals surface area contributed by atoms with Gasteiger partial charge in [0.1, 0.15) is 0 Å². The van der Waals surface area contributed by atoms with Crippen LogP contribution in [0, 0.1) is 0 Å². The molecule has 0 saturated carbocycles. The summed E-state index contributed by atoms with van der Waals surface area (Å²) >= 11 is 0. The first-order valence-corrected chi connectivity index (χ1v) is 4.00. The van der Waals surface area contributed by atoms with Crippen molar-refractivity contribution in [2.75, 3.05) is 0 Å². The van der Waals surface area contributed by atoms with E-state index in [1.807, 2.05) is 36.4 Å². The van der Waals surface area contributed by atoms with Crippen LogP contribution in [0.15, 0.2) is 54.8 Å².